The molecule has 0 fully saturated rings. The summed E-state index contributed by atoms with van der Waals surface area (Å²) < 4.78 is 50.7. The lowest BCUT2D eigenvalue weighted by Crippen LogP contribution is -2.15. The van der Waals surface area contributed by atoms with Crippen LogP contribution in [0, 0.1) is 5.82 Å². The average molecular weight is 273 g/mol. The largest absolute Gasteiger partial charge is 0.451 e. The first kappa shape index (κ1) is 13.0. The van der Waals surface area contributed by atoms with Gasteiger partial charge in [-0.15, -0.1) is 0 Å². The molecular formula is C10H7F4N5. The monoisotopic (exact) mass is 273 g/mol. The number of nitrogens with zero attached hydrogens (tertiary/aromatic N) is 3. The lowest BCUT2D eigenvalue weighted by Gasteiger charge is -2.09. The van der Waals surface area contributed by atoms with Crippen LogP contribution in [0.15, 0.2) is 24.3 Å². The van der Waals surface area contributed by atoms with E-state index in [1.165, 1.54) is 18.2 Å². The fourth-order valence-corrected chi connectivity index (χ4v) is 1.26. The van der Waals surface area contributed by atoms with E-state index in [9.17, 15) is 17.6 Å². The van der Waals surface area contributed by atoms with E-state index in [0.29, 0.717) is 0 Å². The zero-order valence-corrected chi connectivity index (χ0v) is 9.24. The van der Waals surface area contributed by atoms with Crippen molar-refractivity contribution in [2.45, 2.75) is 6.18 Å². The highest BCUT2D eigenvalue weighted by atomic mass is 19.4. The summed E-state index contributed by atoms with van der Waals surface area (Å²) >= 11 is 0. The molecule has 3 N–H and O–H groups in total. The maximum absolute atomic E-state index is 13.3. The molecule has 0 unspecified atom stereocenters. The van der Waals surface area contributed by atoms with Crippen molar-refractivity contribution in [1.82, 2.24) is 15.0 Å². The number of aromatic nitrogens is 3. The van der Waals surface area contributed by atoms with E-state index in [0.717, 1.165) is 6.07 Å². The molecule has 2 rings (SSSR count). The minimum absolute atomic E-state index is 0.0683. The van der Waals surface area contributed by atoms with Crippen molar-refractivity contribution in [3.05, 3.63) is 35.9 Å². The molecule has 5 nitrogen and oxygen atoms in total. The third-order valence-corrected chi connectivity index (χ3v) is 2.03. The van der Waals surface area contributed by atoms with Crippen LogP contribution in [-0.4, -0.2) is 15.0 Å². The molecule has 0 atom stereocenters. The van der Waals surface area contributed by atoms with Gasteiger partial charge in [0, 0.05) is 0 Å². The third-order valence-electron chi connectivity index (χ3n) is 2.03. The molecule has 0 radical (unpaired) electrons. The van der Waals surface area contributed by atoms with E-state index < -0.39 is 29.7 Å². The highest BCUT2D eigenvalue weighted by Crippen LogP contribution is 2.27. The molecule has 2 aromatic rings. The molecule has 0 aliphatic carbocycles. The first-order valence-corrected chi connectivity index (χ1v) is 4.96. The minimum atomic E-state index is -4.76. The van der Waals surface area contributed by atoms with Gasteiger partial charge in [-0.3, -0.25) is 0 Å². The molecule has 1 heterocycles. The molecule has 0 amide bonds. The topological polar surface area (TPSA) is 76.7 Å². The second-order valence-electron chi connectivity index (χ2n) is 3.44. The van der Waals surface area contributed by atoms with Crippen molar-refractivity contribution < 1.29 is 17.6 Å². The van der Waals surface area contributed by atoms with Crippen LogP contribution < -0.4 is 11.1 Å². The molecule has 19 heavy (non-hydrogen) atoms. The quantitative estimate of drug-likeness (QED) is 0.821. The molecule has 0 aliphatic rings. The van der Waals surface area contributed by atoms with Gasteiger partial charge in [0.2, 0.25) is 17.7 Å². The Bertz CT molecular complexity index is 599. The van der Waals surface area contributed by atoms with Crippen molar-refractivity contribution in [1.29, 1.82) is 0 Å². The second-order valence-corrected chi connectivity index (χ2v) is 3.44. The Kier molecular flexibility index (Phi) is 3.19. The van der Waals surface area contributed by atoms with Gasteiger partial charge in [-0.2, -0.15) is 28.1 Å². The fourth-order valence-electron chi connectivity index (χ4n) is 1.26. The number of rotatable bonds is 2. The Morgan fingerprint density at radius 3 is 2.37 bits per heavy atom. The van der Waals surface area contributed by atoms with Gasteiger partial charge in [0.05, 0.1) is 5.69 Å². The van der Waals surface area contributed by atoms with Crippen LogP contribution in [0.5, 0.6) is 0 Å². The van der Waals surface area contributed by atoms with Crippen molar-refractivity contribution in [2.24, 2.45) is 0 Å². The molecule has 0 saturated heterocycles. The normalized spacial score (nSPS) is 11.4. The number of halogens is 4. The predicted octanol–water partition coefficient (Wildman–Crippen LogP) is 2.36. The maximum Gasteiger partial charge on any atom is 0.451 e. The molecule has 1 aromatic carbocycles. The molecular weight excluding hydrogens is 266 g/mol. The zero-order chi connectivity index (χ0) is 14.0. The summed E-state index contributed by atoms with van der Waals surface area (Å²) in [6.45, 7) is 0. The number of para-hydroxylation sites is 1. The van der Waals surface area contributed by atoms with Gasteiger partial charge in [0.1, 0.15) is 5.82 Å². The number of hydrogen-bond donors (Lipinski definition) is 2. The summed E-state index contributed by atoms with van der Waals surface area (Å²) in [6, 6.07) is 5.39. The van der Waals surface area contributed by atoms with Gasteiger partial charge >= 0.3 is 6.18 Å². The predicted molar refractivity (Wildman–Crippen MR) is 58.9 cm³/mol. The van der Waals surface area contributed by atoms with Crippen LogP contribution in [0.4, 0.5) is 35.1 Å². The number of anilines is 3. The van der Waals surface area contributed by atoms with Gasteiger partial charge in [-0.25, -0.2) is 4.39 Å². The number of hydrogen-bond acceptors (Lipinski definition) is 5. The Balaban J connectivity index is 2.36. The van der Waals surface area contributed by atoms with Crippen LogP contribution in [0.3, 0.4) is 0 Å². The Morgan fingerprint density at radius 2 is 1.74 bits per heavy atom. The first-order chi connectivity index (χ1) is 8.86. The molecule has 9 heteroatoms. The number of alkyl halides is 3. The number of benzene rings is 1. The van der Waals surface area contributed by atoms with E-state index in [2.05, 4.69) is 20.3 Å². The van der Waals surface area contributed by atoms with Gasteiger partial charge in [0.15, 0.2) is 0 Å². The van der Waals surface area contributed by atoms with E-state index in [-0.39, 0.29) is 5.69 Å². The van der Waals surface area contributed by atoms with E-state index in [1.807, 2.05) is 0 Å². The fraction of sp³-hybridized carbons (Fsp3) is 0.100. The first-order valence-electron chi connectivity index (χ1n) is 4.96. The Labute approximate surface area is 104 Å². The van der Waals surface area contributed by atoms with Crippen LogP contribution >= 0.6 is 0 Å². The van der Waals surface area contributed by atoms with Crippen molar-refractivity contribution in [2.75, 3.05) is 11.1 Å². The summed E-state index contributed by atoms with van der Waals surface area (Å²) in [4.78, 5) is 9.56. The third kappa shape index (κ3) is 3.06. The smallest absolute Gasteiger partial charge is 0.368 e. The Hall–Kier alpha value is -2.45. The highest BCUT2D eigenvalue weighted by molar-refractivity contribution is 5.54. The average Bonchev–Trinajstić information content (AvgIpc) is 2.30. The van der Waals surface area contributed by atoms with Crippen LogP contribution in [0.2, 0.25) is 0 Å². The summed E-state index contributed by atoms with van der Waals surface area (Å²) in [5, 5.41) is 2.31. The molecule has 0 aliphatic heterocycles. The van der Waals surface area contributed by atoms with Gasteiger partial charge in [-0.1, -0.05) is 12.1 Å². The molecule has 0 saturated carbocycles. The molecule has 1 aromatic heterocycles. The van der Waals surface area contributed by atoms with E-state index in [1.54, 1.807) is 0 Å². The van der Waals surface area contributed by atoms with Crippen LogP contribution in [0.1, 0.15) is 5.82 Å². The molecule has 100 valence electrons. The number of nitrogens with two attached hydrogens (primary N) is 1. The lowest BCUT2D eigenvalue weighted by molar-refractivity contribution is -0.144. The maximum atomic E-state index is 13.3. The summed E-state index contributed by atoms with van der Waals surface area (Å²) in [5.74, 6) is -3.19. The lowest BCUT2D eigenvalue weighted by atomic mass is 10.3. The summed E-state index contributed by atoms with van der Waals surface area (Å²) in [5.41, 5.74) is 5.08. The minimum Gasteiger partial charge on any atom is -0.368 e. The van der Waals surface area contributed by atoms with E-state index in [4.69, 9.17) is 5.73 Å². The van der Waals surface area contributed by atoms with Crippen LogP contribution in [0.25, 0.3) is 0 Å². The number of nitrogen functional groups attached to an aromatic ring is 1. The van der Waals surface area contributed by atoms with Crippen molar-refractivity contribution in [3.8, 4) is 0 Å². The standard InChI is InChI=1S/C10H7F4N5/c11-5-3-1-2-4-6(5)16-9-18-7(10(12,13)14)17-8(15)19-9/h1-4H,(H3,15,16,17,18,19). The van der Waals surface area contributed by atoms with Gasteiger partial charge in [0.25, 0.3) is 0 Å². The second kappa shape index (κ2) is 4.67. The summed E-state index contributed by atoms with van der Waals surface area (Å²) in [7, 11) is 0. The van der Waals surface area contributed by atoms with Gasteiger partial charge < -0.3 is 11.1 Å². The zero-order valence-electron chi connectivity index (χ0n) is 9.24. The van der Waals surface area contributed by atoms with Gasteiger partial charge in [-0.05, 0) is 12.1 Å². The molecule has 0 spiro atoms. The van der Waals surface area contributed by atoms with Crippen LogP contribution in [-0.2, 0) is 6.18 Å². The Morgan fingerprint density at radius 1 is 1.05 bits per heavy atom. The van der Waals surface area contributed by atoms with Crippen molar-refractivity contribution in [3.63, 3.8) is 0 Å². The summed E-state index contributed by atoms with van der Waals surface area (Å²) in [6.07, 6.45) is -4.76. The SMILES string of the molecule is Nc1nc(Nc2ccccc2F)nc(C(F)(F)F)n1. The molecule has 0 bridgehead atoms. The van der Waals surface area contributed by atoms with Crippen molar-refractivity contribution >= 4 is 17.6 Å². The number of nitrogens with one attached hydrogen (secondary N) is 1. The van der Waals surface area contributed by atoms with E-state index >= 15 is 0 Å². The highest BCUT2D eigenvalue weighted by Gasteiger charge is 2.35.